The molecule has 0 aromatic rings. The summed E-state index contributed by atoms with van der Waals surface area (Å²) in [7, 11) is 0. The fourth-order valence-corrected chi connectivity index (χ4v) is 1.33. The summed E-state index contributed by atoms with van der Waals surface area (Å²) in [6.07, 6.45) is 0.510. The van der Waals surface area contributed by atoms with Crippen molar-refractivity contribution in [1.82, 2.24) is 5.32 Å². The molecule has 1 heterocycles. The molecule has 6 heteroatoms. The second-order valence-electron chi connectivity index (χ2n) is 2.87. The molecule has 0 saturated carbocycles. The van der Waals surface area contributed by atoms with Crippen LogP contribution >= 0.6 is 0 Å². The van der Waals surface area contributed by atoms with Crippen molar-refractivity contribution in [1.29, 1.82) is 0 Å². The van der Waals surface area contributed by atoms with E-state index in [0.717, 1.165) is 0 Å². The number of carbonyl (C=O) groups is 1. The van der Waals surface area contributed by atoms with Gasteiger partial charge < -0.3 is 10.1 Å². The summed E-state index contributed by atoms with van der Waals surface area (Å²) in [5.74, 6) is -0.433. The zero-order valence-electron chi connectivity index (χ0n) is 7.49. The fourth-order valence-electron chi connectivity index (χ4n) is 1.33. The van der Waals surface area contributed by atoms with Crippen molar-refractivity contribution in [3.05, 3.63) is 10.4 Å². The molecule has 1 saturated heterocycles. The topological polar surface area (TPSA) is 87.1 Å². The molecule has 1 aliphatic rings. The lowest BCUT2D eigenvalue weighted by Gasteiger charge is -2.18. The largest absolute Gasteiger partial charge is 0.465 e. The third-order valence-corrected chi connectivity index (χ3v) is 2.02. The first-order valence-electron chi connectivity index (χ1n) is 4.19. The van der Waals surface area contributed by atoms with E-state index in [9.17, 15) is 4.79 Å². The van der Waals surface area contributed by atoms with Crippen molar-refractivity contribution in [3.63, 3.8) is 0 Å². The first kappa shape index (κ1) is 9.83. The Hall–Kier alpha value is -1.26. The number of hydrogen-bond donors (Lipinski definition) is 1. The highest BCUT2D eigenvalue weighted by Crippen LogP contribution is 2.21. The van der Waals surface area contributed by atoms with Crippen molar-refractivity contribution in [2.45, 2.75) is 18.9 Å². The third-order valence-electron chi connectivity index (χ3n) is 2.02. The van der Waals surface area contributed by atoms with E-state index in [0.29, 0.717) is 26.1 Å². The number of nitrogens with zero attached hydrogens (tertiary/aromatic N) is 3. The quantitative estimate of drug-likeness (QED) is 0.301. The monoisotopic (exact) mass is 184 g/mol. The van der Waals surface area contributed by atoms with Crippen LogP contribution in [0.1, 0.15) is 13.3 Å². The average Bonchev–Trinajstić information content (AvgIpc) is 2.55. The average molecular weight is 184 g/mol. The lowest BCUT2D eigenvalue weighted by atomic mass is 10.0. The van der Waals surface area contributed by atoms with E-state index in [1.165, 1.54) is 0 Å². The normalized spacial score (nSPS) is 26.5. The van der Waals surface area contributed by atoms with Crippen LogP contribution < -0.4 is 5.32 Å². The van der Waals surface area contributed by atoms with Crippen LogP contribution in [0.15, 0.2) is 5.11 Å². The van der Waals surface area contributed by atoms with E-state index < -0.39 is 11.5 Å². The summed E-state index contributed by atoms with van der Waals surface area (Å²) in [5.41, 5.74) is 7.32. The van der Waals surface area contributed by atoms with Crippen molar-refractivity contribution >= 4 is 5.97 Å². The predicted molar refractivity (Wildman–Crippen MR) is 46.0 cm³/mol. The molecule has 0 aromatic heterocycles. The Balaban J connectivity index is 2.77. The van der Waals surface area contributed by atoms with Gasteiger partial charge in [0.1, 0.15) is 0 Å². The van der Waals surface area contributed by atoms with Gasteiger partial charge in [-0.05, 0) is 25.4 Å². The molecule has 0 aliphatic carbocycles. The Morgan fingerprint density at radius 2 is 2.62 bits per heavy atom. The van der Waals surface area contributed by atoms with Gasteiger partial charge in [0.25, 0.3) is 0 Å². The molecule has 1 aliphatic heterocycles. The molecule has 1 N–H and O–H groups in total. The Morgan fingerprint density at radius 1 is 1.85 bits per heavy atom. The first-order chi connectivity index (χ1) is 6.25. The maximum absolute atomic E-state index is 11.4. The van der Waals surface area contributed by atoms with Gasteiger partial charge in [-0.3, -0.25) is 4.79 Å². The Kier molecular flexibility index (Phi) is 3.11. The van der Waals surface area contributed by atoms with E-state index in [1.54, 1.807) is 6.92 Å². The van der Waals surface area contributed by atoms with E-state index in [2.05, 4.69) is 15.3 Å². The smallest absolute Gasteiger partial charge is 0.319 e. The number of rotatable bonds is 3. The number of hydrogen-bond acceptors (Lipinski definition) is 4. The molecule has 0 radical (unpaired) electrons. The molecule has 1 unspecified atom stereocenters. The highest BCUT2D eigenvalue weighted by Gasteiger charge is 2.41. The number of nitrogens with one attached hydrogen (secondary N) is 1. The molecule has 1 rings (SSSR count). The minimum absolute atomic E-state index is 0.307. The molecular weight excluding hydrogens is 172 g/mol. The van der Waals surface area contributed by atoms with Gasteiger partial charge in [0.2, 0.25) is 0 Å². The fraction of sp³-hybridized carbons (Fsp3) is 0.857. The molecule has 13 heavy (non-hydrogen) atoms. The maximum Gasteiger partial charge on any atom is 0.319 e. The minimum Gasteiger partial charge on any atom is -0.465 e. The van der Waals surface area contributed by atoms with Gasteiger partial charge in [0.15, 0.2) is 5.54 Å². The van der Waals surface area contributed by atoms with E-state index >= 15 is 0 Å². The molecule has 0 aromatic carbocycles. The van der Waals surface area contributed by atoms with Gasteiger partial charge in [-0.15, -0.1) is 0 Å². The summed E-state index contributed by atoms with van der Waals surface area (Å²) in [6.45, 7) is 3.08. The van der Waals surface area contributed by atoms with Crippen molar-refractivity contribution in [3.8, 4) is 0 Å². The summed E-state index contributed by atoms with van der Waals surface area (Å²) >= 11 is 0. The van der Waals surface area contributed by atoms with Crippen molar-refractivity contribution in [2.75, 3.05) is 19.7 Å². The predicted octanol–water partition coefficient (Wildman–Crippen LogP) is 0.592. The second kappa shape index (κ2) is 4.11. The number of ether oxygens (including phenoxy) is 1. The zero-order chi connectivity index (χ0) is 9.73. The number of esters is 1. The minimum atomic E-state index is -1.01. The van der Waals surface area contributed by atoms with Crippen molar-refractivity contribution in [2.24, 2.45) is 5.11 Å². The van der Waals surface area contributed by atoms with Crippen molar-refractivity contribution < 1.29 is 9.53 Å². The van der Waals surface area contributed by atoms with E-state index in [1.807, 2.05) is 0 Å². The highest BCUT2D eigenvalue weighted by atomic mass is 16.5. The molecular formula is C7H12N4O2. The highest BCUT2D eigenvalue weighted by molar-refractivity contribution is 5.82. The van der Waals surface area contributed by atoms with E-state index in [-0.39, 0.29) is 0 Å². The summed E-state index contributed by atoms with van der Waals surface area (Å²) in [4.78, 5) is 14.1. The SMILES string of the molecule is CCOC(=O)C1(N=[N+]=[N-])CCNC1. The lowest BCUT2D eigenvalue weighted by Crippen LogP contribution is -2.39. The first-order valence-corrected chi connectivity index (χ1v) is 4.19. The molecule has 72 valence electrons. The summed E-state index contributed by atoms with van der Waals surface area (Å²) in [5, 5.41) is 6.49. The van der Waals surface area contributed by atoms with Crippen LogP contribution in [0.3, 0.4) is 0 Å². The second-order valence-corrected chi connectivity index (χ2v) is 2.87. The van der Waals surface area contributed by atoms with Crippen LogP contribution in [0.25, 0.3) is 10.4 Å². The van der Waals surface area contributed by atoms with Gasteiger partial charge >= 0.3 is 5.97 Å². The molecule has 6 nitrogen and oxygen atoms in total. The lowest BCUT2D eigenvalue weighted by molar-refractivity contribution is -0.148. The van der Waals surface area contributed by atoms with Crippen LogP contribution in [0.4, 0.5) is 0 Å². The Morgan fingerprint density at radius 3 is 3.08 bits per heavy atom. The number of carbonyl (C=O) groups excluding carboxylic acids is 1. The third kappa shape index (κ3) is 1.91. The van der Waals surface area contributed by atoms with Gasteiger partial charge in [-0.25, -0.2) is 0 Å². The molecule has 0 spiro atoms. The molecule has 0 bridgehead atoms. The van der Waals surface area contributed by atoms with Gasteiger partial charge in [0.05, 0.1) is 6.61 Å². The summed E-state index contributed by atoms with van der Waals surface area (Å²) in [6, 6.07) is 0. The standard InChI is InChI=1S/C7H12N4O2/c1-2-13-6(12)7(10-11-8)3-4-9-5-7/h9H,2-5H2,1H3. The van der Waals surface area contributed by atoms with Crippen LogP contribution in [-0.2, 0) is 9.53 Å². The van der Waals surface area contributed by atoms with Gasteiger partial charge in [-0.2, -0.15) is 0 Å². The maximum atomic E-state index is 11.4. The van der Waals surface area contributed by atoms with Gasteiger partial charge in [0, 0.05) is 11.5 Å². The Labute approximate surface area is 75.9 Å². The molecule has 1 fully saturated rings. The van der Waals surface area contributed by atoms with Crippen LogP contribution in [0.5, 0.6) is 0 Å². The van der Waals surface area contributed by atoms with Crippen LogP contribution in [-0.4, -0.2) is 31.2 Å². The summed E-state index contributed by atoms with van der Waals surface area (Å²) < 4.78 is 4.84. The van der Waals surface area contributed by atoms with Crippen LogP contribution in [0, 0.1) is 0 Å². The van der Waals surface area contributed by atoms with Gasteiger partial charge in [-0.1, -0.05) is 5.11 Å². The molecule has 0 amide bonds. The van der Waals surface area contributed by atoms with Crippen LogP contribution in [0.2, 0.25) is 0 Å². The Bertz CT molecular complexity index is 241. The molecule has 1 atom stereocenters. The van der Waals surface area contributed by atoms with E-state index in [4.69, 9.17) is 10.3 Å². The number of azide groups is 1. The zero-order valence-corrected chi connectivity index (χ0v) is 7.49.